The SMILES string of the molecule is O=C(c1cnccn1)N1CC(=O)N2[C@H](CO)[C@@H](c3ccc(-c4ccccc4)cc3)[C@H]2C1. The molecule has 2 amide bonds. The molecule has 0 spiro atoms. The maximum absolute atomic E-state index is 12.8. The zero-order chi connectivity index (χ0) is 21.4. The summed E-state index contributed by atoms with van der Waals surface area (Å²) in [6.07, 6.45) is 4.39. The third-order valence-electron chi connectivity index (χ3n) is 6.22. The Bertz CT molecular complexity index is 1090. The van der Waals surface area contributed by atoms with Crippen molar-refractivity contribution in [1.29, 1.82) is 0 Å². The molecule has 0 bridgehead atoms. The summed E-state index contributed by atoms with van der Waals surface area (Å²) in [7, 11) is 0. The number of piperazine rings is 1. The molecule has 1 aromatic heterocycles. The second-order valence-corrected chi connectivity index (χ2v) is 7.91. The standard InChI is InChI=1S/C24H22N4O3/c29-15-21-23(18-8-6-17(7-9-18)16-4-2-1-3-5-16)20-13-27(14-22(30)28(20)21)24(31)19-12-25-10-11-26-19/h1-12,20-21,23,29H,13-15H2/t20-,21-,23+/m1/s1. The lowest BCUT2D eigenvalue weighted by molar-refractivity contribution is -0.159. The summed E-state index contributed by atoms with van der Waals surface area (Å²) in [4.78, 5) is 36.9. The first kappa shape index (κ1) is 19.4. The molecule has 3 aromatic rings. The Balaban J connectivity index is 1.39. The van der Waals surface area contributed by atoms with Gasteiger partial charge in [-0.15, -0.1) is 0 Å². The number of nitrogens with zero attached hydrogens (tertiary/aromatic N) is 4. The molecule has 7 heteroatoms. The van der Waals surface area contributed by atoms with E-state index in [-0.39, 0.29) is 48.7 Å². The maximum Gasteiger partial charge on any atom is 0.274 e. The summed E-state index contributed by atoms with van der Waals surface area (Å²) in [6, 6.07) is 17.9. The van der Waals surface area contributed by atoms with Gasteiger partial charge in [0.15, 0.2) is 0 Å². The van der Waals surface area contributed by atoms with E-state index in [9.17, 15) is 14.7 Å². The summed E-state index contributed by atoms with van der Waals surface area (Å²) in [5.41, 5.74) is 3.53. The lowest BCUT2D eigenvalue weighted by Gasteiger charge is -2.58. The van der Waals surface area contributed by atoms with E-state index < -0.39 is 0 Å². The Morgan fingerprint density at radius 1 is 1.03 bits per heavy atom. The predicted octanol–water partition coefficient (Wildman–Crippen LogP) is 1.95. The molecule has 2 aliphatic rings. The van der Waals surface area contributed by atoms with Gasteiger partial charge in [0, 0.05) is 24.9 Å². The van der Waals surface area contributed by atoms with Crippen molar-refractivity contribution in [2.75, 3.05) is 19.7 Å². The van der Waals surface area contributed by atoms with E-state index >= 15 is 0 Å². The average molecular weight is 414 g/mol. The topological polar surface area (TPSA) is 86.6 Å². The van der Waals surface area contributed by atoms with Crippen molar-refractivity contribution in [3.8, 4) is 11.1 Å². The van der Waals surface area contributed by atoms with Crippen LogP contribution in [-0.4, -0.2) is 68.5 Å². The highest BCUT2D eigenvalue weighted by molar-refractivity contribution is 5.96. The van der Waals surface area contributed by atoms with Gasteiger partial charge in [0.05, 0.1) is 24.9 Å². The Kier molecular flexibility index (Phi) is 4.95. The first-order chi connectivity index (χ1) is 15.2. The third-order valence-corrected chi connectivity index (χ3v) is 6.22. The zero-order valence-electron chi connectivity index (χ0n) is 16.8. The summed E-state index contributed by atoms with van der Waals surface area (Å²) in [5.74, 6) is -0.479. The Morgan fingerprint density at radius 3 is 2.45 bits per heavy atom. The quantitative estimate of drug-likeness (QED) is 0.705. The summed E-state index contributed by atoms with van der Waals surface area (Å²) in [5, 5.41) is 9.97. The van der Waals surface area contributed by atoms with E-state index in [2.05, 4.69) is 46.4 Å². The molecule has 156 valence electrons. The number of aliphatic hydroxyl groups excluding tert-OH is 1. The minimum absolute atomic E-state index is 0.0118. The van der Waals surface area contributed by atoms with Gasteiger partial charge in [-0.05, 0) is 16.7 Å². The van der Waals surface area contributed by atoms with Crippen LogP contribution in [0.5, 0.6) is 0 Å². The van der Waals surface area contributed by atoms with Crippen LogP contribution in [-0.2, 0) is 4.79 Å². The van der Waals surface area contributed by atoms with Crippen LogP contribution in [0.1, 0.15) is 22.0 Å². The van der Waals surface area contributed by atoms with Crippen LogP contribution < -0.4 is 0 Å². The highest BCUT2D eigenvalue weighted by atomic mass is 16.3. The van der Waals surface area contributed by atoms with E-state index in [1.54, 1.807) is 4.90 Å². The molecule has 2 aromatic carbocycles. The zero-order valence-corrected chi connectivity index (χ0v) is 16.8. The van der Waals surface area contributed by atoms with Gasteiger partial charge in [0.1, 0.15) is 12.2 Å². The van der Waals surface area contributed by atoms with Crippen molar-refractivity contribution < 1.29 is 14.7 Å². The third kappa shape index (κ3) is 3.37. The fraction of sp³-hybridized carbons (Fsp3) is 0.250. The fourth-order valence-electron chi connectivity index (χ4n) is 4.75. The normalized spacial score (nSPS) is 22.6. The molecule has 2 fully saturated rings. The van der Waals surface area contributed by atoms with Crippen molar-refractivity contribution in [2.45, 2.75) is 18.0 Å². The number of aromatic nitrogens is 2. The van der Waals surface area contributed by atoms with Crippen LogP contribution in [0.3, 0.4) is 0 Å². The van der Waals surface area contributed by atoms with E-state index in [1.165, 1.54) is 23.5 Å². The van der Waals surface area contributed by atoms with Gasteiger partial charge in [0.25, 0.3) is 5.91 Å². The molecule has 5 rings (SSSR count). The van der Waals surface area contributed by atoms with Crippen molar-refractivity contribution in [3.63, 3.8) is 0 Å². The lowest BCUT2D eigenvalue weighted by Crippen LogP contribution is -2.73. The van der Waals surface area contributed by atoms with Crippen molar-refractivity contribution >= 4 is 11.8 Å². The van der Waals surface area contributed by atoms with Gasteiger partial charge in [-0.3, -0.25) is 14.6 Å². The monoisotopic (exact) mass is 414 g/mol. The second kappa shape index (κ2) is 7.92. The van der Waals surface area contributed by atoms with Gasteiger partial charge in [-0.25, -0.2) is 4.98 Å². The largest absolute Gasteiger partial charge is 0.394 e. The average Bonchev–Trinajstić information content (AvgIpc) is 2.81. The van der Waals surface area contributed by atoms with Crippen molar-refractivity contribution in [3.05, 3.63) is 84.4 Å². The molecule has 7 nitrogen and oxygen atoms in total. The Hall–Kier alpha value is -3.58. The van der Waals surface area contributed by atoms with Crippen LogP contribution >= 0.6 is 0 Å². The summed E-state index contributed by atoms with van der Waals surface area (Å²) in [6.45, 7) is 0.288. The number of carbonyl (C=O) groups is 2. The van der Waals surface area contributed by atoms with Gasteiger partial charge in [-0.2, -0.15) is 0 Å². The molecule has 0 radical (unpaired) electrons. The number of rotatable bonds is 4. The molecule has 1 N–H and O–H groups in total. The first-order valence-electron chi connectivity index (χ1n) is 10.3. The number of aliphatic hydroxyl groups is 1. The maximum atomic E-state index is 12.8. The van der Waals surface area contributed by atoms with E-state index in [4.69, 9.17) is 0 Å². The van der Waals surface area contributed by atoms with Crippen molar-refractivity contribution in [1.82, 2.24) is 19.8 Å². The van der Waals surface area contributed by atoms with Gasteiger partial charge in [0.2, 0.25) is 5.91 Å². The van der Waals surface area contributed by atoms with Crippen LogP contribution in [0, 0.1) is 0 Å². The van der Waals surface area contributed by atoms with Crippen LogP contribution in [0.25, 0.3) is 11.1 Å². The molecule has 2 saturated heterocycles. The van der Waals surface area contributed by atoms with Crippen molar-refractivity contribution in [2.24, 2.45) is 0 Å². The molecular weight excluding hydrogens is 392 g/mol. The molecule has 0 unspecified atom stereocenters. The van der Waals surface area contributed by atoms with E-state index in [0.717, 1.165) is 16.7 Å². The molecule has 0 aliphatic carbocycles. The van der Waals surface area contributed by atoms with Gasteiger partial charge in [-0.1, -0.05) is 54.6 Å². The minimum Gasteiger partial charge on any atom is -0.394 e. The van der Waals surface area contributed by atoms with Crippen LogP contribution in [0.4, 0.5) is 0 Å². The highest BCUT2D eigenvalue weighted by Crippen LogP contribution is 2.43. The van der Waals surface area contributed by atoms with E-state index in [0.29, 0.717) is 6.54 Å². The number of hydrogen-bond acceptors (Lipinski definition) is 5. The number of fused-ring (bicyclic) bond motifs is 1. The lowest BCUT2D eigenvalue weighted by atomic mass is 9.73. The molecule has 31 heavy (non-hydrogen) atoms. The van der Waals surface area contributed by atoms with Crippen LogP contribution in [0.2, 0.25) is 0 Å². The molecule has 0 saturated carbocycles. The van der Waals surface area contributed by atoms with Gasteiger partial charge >= 0.3 is 0 Å². The Morgan fingerprint density at radius 2 is 1.77 bits per heavy atom. The minimum atomic E-state index is -0.299. The van der Waals surface area contributed by atoms with Gasteiger partial charge < -0.3 is 14.9 Å². The first-order valence-corrected chi connectivity index (χ1v) is 10.3. The number of hydrogen-bond donors (Lipinski definition) is 1. The highest BCUT2D eigenvalue weighted by Gasteiger charge is 2.54. The molecule has 2 aliphatic heterocycles. The number of carbonyl (C=O) groups excluding carboxylic acids is 2. The molecular formula is C24H22N4O3. The second-order valence-electron chi connectivity index (χ2n) is 7.91. The molecule has 3 atom stereocenters. The Labute approximate surface area is 180 Å². The fourth-order valence-corrected chi connectivity index (χ4v) is 4.75. The van der Waals surface area contributed by atoms with E-state index in [1.807, 2.05) is 18.2 Å². The molecule has 3 heterocycles. The number of benzene rings is 2. The summed E-state index contributed by atoms with van der Waals surface area (Å²) >= 11 is 0. The number of amides is 2. The van der Waals surface area contributed by atoms with Crippen LogP contribution in [0.15, 0.2) is 73.2 Å². The summed E-state index contributed by atoms with van der Waals surface area (Å²) < 4.78 is 0. The smallest absolute Gasteiger partial charge is 0.274 e. The predicted molar refractivity (Wildman–Crippen MR) is 114 cm³/mol.